The number of benzene rings is 3. The number of rotatable bonds is 5. The lowest BCUT2D eigenvalue weighted by Crippen LogP contribution is -2.26. The zero-order chi connectivity index (χ0) is 25.3. The lowest BCUT2D eigenvalue weighted by molar-refractivity contribution is 0.0998. The average Bonchev–Trinajstić information content (AvgIpc) is 3.23. The highest BCUT2D eigenvalue weighted by molar-refractivity contribution is 7.92. The average molecular weight is 520 g/mol. The lowest BCUT2D eigenvalue weighted by atomic mass is 10.2. The molecule has 3 aromatic carbocycles. The van der Waals surface area contributed by atoms with Crippen molar-refractivity contribution in [2.75, 3.05) is 24.6 Å². The van der Waals surface area contributed by atoms with E-state index in [1.54, 1.807) is 28.8 Å². The van der Waals surface area contributed by atoms with Crippen LogP contribution in [0.25, 0.3) is 10.2 Å². The number of fused-ring (bicyclic) bond motifs is 2. The monoisotopic (exact) mass is 519 g/mol. The molecule has 0 bridgehead atoms. The molecule has 36 heavy (non-hydrogen) atoms. The number of anilines is 1. The first-order chi connectivity index (χ1) is 17.4. The number of carbonyl (C=O) groups excluding carboxylic acids is 1. The number of carbonyl (C=O) groups is 1. The topological polar surface area (TPSA) is 90.2 Å². The third-order valence-electron chi connectivity index (χ3n) is 5.67. The van der Waals surface area contributed by atoms with Crippen molar-refractivity contribution >= 4 is 43.2 Å². The first-order valence-corrected chi connectivity index (χ1v) is 13.2. The predicted octanol–water partition coefficient (Wildman–Crippen LogP) is 3.67. The van der Waals surface area contributed by atoms with Gasteiger partial charge >= 0.3 is 0 Å². The summed E-state index contributed by atoms with van der Waals surface area (Å²) in [6, 6.07) is 18.2. The molecule has 10 heteroatoms. The van der Waals surface area contributed by atoms with Crippen LogP contribution in [0.3, 0.4) is 0 Å². The van der Waals surface area contributed by atoms with Gasteiger partial charge < -0.3 is 14.0 Å². The Morgan fingerprint density at radius 3 is 2.42 bits per heavy atom. The molecule has 0 atom stereocenters. The summed E-state index contributed by atoms with van der Waals surface area (Å²) in [6.07, 6.45) is 5.57. The molecule has 1 aliphatic heterocycles. The summed E-state index contributed by atoms with van der Waals surface area (Å²) in [7, 11) is -2.30. The van der Waals surface area contributed by atoms with E-state index in [1.807, 2.05) is 18.2 Å². The Balaban J connectivity index is 1.47. The highest BCUT2D eigenvalue weighted by Gasteiger charge is 2.22. The number of para-hydroxylation sites is 1. The highest BCUT2D eigenvalue weighted by atomic mass is 32.2. The van der Waals surface area contributed by atoms with Gasteiger partial charge in [-0.2, -0.15) is 4.99 Å². The molecule has 8 nitrogen and oxygen atoms in total. The minimum absolute atomic E-state index is 0.0697. The van der Waals surface area contributed by atoms with Crippen LogP contribution < -0.4 is 18.6 Å². The van der Waals surface area contributed by atoms with Crippen LogP contribution in [0, 0.1) is 12.3 Å². The maximum Gasteiger partial charge on any atom is 0.279 e. The van der Waals surface area contributed by atoms with E-state index in [0.29, 0.717) is 35.2 Å². The van der Waals surface area contributed by atoms with Crippen LogP contribution in [0.4, 0.5) is 5.69 Å². The smallest absolute Gasteiger partial charge is 0.279 e. The van der Waals surface area contributed by atoms with E-state index >= 15 is 0 Å². The minimum atomic E-state index is -3.79. The summed E-state index contributed by atoms with van der Waals surface area (Å²) < 4.78 is 41.2. The summed E-state index contributed by atoms with van der Waals surface area (Å²) in [5, 5.41) is 0. The van der Waals surface area contributed by atoms with Crippen molar-refractivity contribution in [1.82, 2.24) is 4.57 Å². The van der Waals surface area contributed by atoms with Gasteiger partial charge in [-0.15, -0.1) is 6.42 Å². The van der Waals surface area contributed by atoms with E-state index in [2.05, 4.69) is 10.9 Å². The molecule has 0 saturated carbocycles. The molecule has 1 aromatic heterocycles. The van der Waals surface area contributed by atoms with Gasteiger partial charge in [0.1, 0.15) is 13.2 Å². The van der Waals surface area contributed by atoms with Crippen LogP contribution in [0.1, 0.15) is 10.4 Å². The van der Waals surface area contributed by atoms with Crippen molar-refractivity contribution in [3.8, 4) is 23.8 Å². The predicted molar refractivity (Wildman–Crippen MR) is 138 cm³/mol. The number of hydrogen-bond donors (Lipinski definition) is 0. The fraction of sp³-hybridized carbons (Fsp3) is 0.154. The molecule has 0 N–H and O–H groups in total. The summed E-state index contributed by atoms with van der Waals surface area (Å²) in [4.78, 5) is 17.8. The summed E-state index contributed by atoms with van der Waals surface area (Å²) in [5.41, 5.74) is 1.58. The van der Waals surface area contributed by atoms with Gasteiger partial charge in [-0.25, -0.2) is 8.42 Å². The molecule has 1 aliphatic rings. The second-order valence-corrected chi connectivity index (χ2v) is 10.9. The zero-order valence-electron chi connectivity index (χ0n) is 19.2. The number of nitrogens with zero attached hydrogens (tertiary/aromatic N) is 3. The van der Waals surface area contributed by atoms with Crippen molar-refractivity contribution in [2.24, 2.45) is 4.99 Å². The van der Waals surface area contributed by atoms with Gasteiger partial charge in [0.2, 0.25) is 0 Å². The van der Waals surface area contributed by atoms with Gasteiger partial charge in [-0.05, 0) is 36.4 Å². The Labute approximate surface area is 212 Å². The Bertz CT molecular complexity index is 1670. The van der Waals surface area contributed by atoms with Gasteiger partial charge in [0.25, 0.3) is 15.9 Å². The van der Waals surface area contributed by atoms with E-state index in [4.69, 9.17) is 15.9 Å². The number of ether oxygens (including phenoxy) is 2. The van der Waals surface area contributed by atoms with Crippen molar-refractivity contribution < 1.29 is 22.7 Å². The minimum Gasteiger partial charge on any atom is -0.486 e. The molecule has 0 aliphatic carbocycles. The molecule has 1 amide bonds. The number of aromatic nitrogens is 1. The molecular formula is C26H21N3O5S2. The maximum atomic E-state index is 13.0. The van der Waals surface area contributed by atoms with Crippen LogP contribution in [-0.2, 0) is 16.6 Å². The van der Waals surface area contributed by atoms with E-state index in [9.17, 15) is 13.2 Å². The molecule has 5 rings (SSSR count). The second kappa shape index (κ2) is 9.53. The molecule has 2 heterocycles. The van der Waals surface area contributed by atoms with Crippen molar-refractivity contribution in [1.29, 1.82) is 0 Å². The van der Waals surface area contributed by atoms with Gasteiger partial charge in [-0.3, -0.25) is 9.10 Å². The van der Waals surface area contributed by atoms with Crippen molar-refractivity contribution in [3.63, 3.8) is 0 Å². The fourth-order valence-corrected chi connectivity index (χ4v) is 6.03. The number of hydrogen-bond acceptors (Lipinski definition) is 6. The van der Waals surface area contributed by atoms with Crippen LogP contribution in [0.2, 0.25) is 0 Å². The quantitative estimate of drug-likeness (QED) is 0.375. The molecular weight excluding hydrogens is 498 g/mol. The summed E-state index contributed by atoms with van der Waals surface area (Å²) in [6.45, 7) is 1.14. The molecule has 0 spiro atoms. The molecule has 182 valence electrons. The third-order valence-corrected chi connectivity index (χ3v) is 8.51. The Morgan fingerprint density at radius 1 is 1.08 bits per heavy atom. The van der Waals surface area contributed by atoms with Gasteiger partial charge in [0.05, 0.1) is 27.3 Å². The Kier molecular flexibility index (Phi) is 6.26. The lowest BCUT2D eigenvalue weighted by Gasteiger charge is -2.19. The van der Waals surface area contributed by atoms with Gasteiger partial charge in [0.15, 0.2) is 16.3 Å². The number of amides is 1. The molecule has 0 fully saturated rings. The number of thiazole rings is 1. The second-order valence-electron chi connectivity index (χ2n) is 7.89. The van der Waals surface area contributed by atoms with Crippen molar-refractivity contribution in [2.45, 2.75) is 11.4 Å². The normalized spacial score (nSPS) is 13.4. The summed E-state index contributed by atoms with van der Waals surface area (Å²) >= 11 is 1.31. The largest absolute Gasteiger partial charge is 0.486 e. The highest BCUT2D eigenvalue weighted by Crippen LogP contribution is 2.35. The first kappa shape index (κ1) is 23.7. The summed E-state index contributed by atoms with van der Waals surface area (Å²) in [5.74, 6) is 3.34. The number of terminal acetylenes is 1. The van der Waals surface area contributed by atoms with E-state index in [0.717, 1.165) is 10.2 Å². The van der Waals surface area contributed by atoms with E-state index in [-0.39, 0.29) is 17.0 Å². The van der Waals surface area contributed by atoms with E-state index < -0.39 is 15.9 Å². The molecule has 4 aromatic rings. The van der Waals surface area contributed by atoms with Crippen LogP contribution >= 0.6 is 11.3 Å². The molecule has 0 radical (unpaired) electrons. The number of sulfonamides is 1. The zero-order valence-corrected chi connectivity index (χ0v) is 20.9. The van der Waals surface area contributed by atoms with Crippen LogP contribution in [0.5, 0.6) is 11.5 Å². The standard InChI is InChI=1S/C26H21N3O5S2/c1-3-13-29-21-16-22-23(34-15-14-33-22)17-24(21)35-26(29)27-25(30)18-9-11-20(12-10-18)36(31,32)28(2)19-7-5-4-6-8-19/h1,4-12,16-17H,13-15H2,2H3. The first-order valence-electron chi connectivity index (χ1n) is 11.0. The van der Waals surface area contributed by atoms with Gasteiger partial charge in [-0.1, -0.05) is 35.5 Å². The molecule has 0 unspecified atom stereocenters. The SMILES string of the molecule is C#CCn1c(=NC(=O)c2ccc(S(=O)(=O)N(C)c3ccccc3)cc2)sc2cc3c(cc21)OCCO3. The third kappa shape index (κ3) is 4.34. The Morgan fingerprint density at radius 2 is 1.75 bits per heavy atom. The van der Waals surface area contributed by atoms with Crippen molar-refractivity contribution in [3.05, 3.63) is 77.1 Å². The van der Waals surface area contributed by atoms with Gasteiger partial charge in [0, 0.05) is 24.7 Å². The maximum absolute atomic E-state index is 13.0. The van der Waals surface area contributed by atoms with E-state index in [1.165, 1.54) is 47.0 Å². The fourth-order valence-electron chi connectivity index (χ4n) is 3.79. The van der Waals surface area contributed by atoms with Crippen LogP contribution in [-0.4, -0.2) is 39.2 Å². The van der Waals surface area contributed by atoms with Crippen LogP contribution in [0.15, 0.2) is 76.6 Å². The Hall–Kier alpha value is -4.07. The molecule has 0 saturated heterocycles.